The maximum Gasteiger partial charge on any atom is 0.251 e. The molecule has 0 bridgehead atoms. The molecule has 2 aromatic heterocycles. The van der Waals surface area contributed by atoms with Crippen LogP contribution in [0.4, 0.5) is 17.5 Å². The van der Waals surface area contributed by atoms with Crippen LogP contribution in [0.2, 0.25) is 0 Å². The summed E-state index contributed by atoms with van der Waals surface area (Å²) in [5, 5.41) is 18.1. The number of fused-ring (bicyclic) bond motifs is 1. The van der Waals surface area contributed by atoms with Crippen molar-refractivity contribution in [1.82, 2.24) is 30.7 Å². The van der Waals surface area contributed by atoms with E-state index in [4.69, 9.17) is 5.21 Å². The van der Waals surface area contributed by atoms with Crippen molar-refractivity contribution in [3.63, 3.8) is 0 Å². The smallest absolute Gasteiger partial charge is 0.251 e. The molecule has 11 nitrogen and oxygen atoms in total. The van der Waals surface area contributed by atoms with E-state index in [1.807, 2.05) is 12.1 Å². The van der Waals surface area contributed by atoms with Crippen LogP contribution in [0.5, 0.6) is 0 Å². The minimum atomic E-state index is -0.394. The van der Waals surface area contributed by atoms with E-state index in [1.165, 1.54) is 19.3 Å². The molecule has 3 aromatic rings. The molecule has 0 atom stereocenters. The van der Waals surface area contributed by atoms with E-state index < -0.39 is 5.91 Å². The summed E-state index contributed by atoms with van der Waals surface area (Å²) in [7, 11) is 0. The molecule has 0 radical (unpaired) electrons. The Bertz CT molecular complexity index is 1130. The van der Waals surface area contributed by atoms with Gasteiger partial charge in [0.25, 0.3) is 5.91 Å². The number of carbonyl (C=O) groups excluding carboxylic acids is 2. The largest absolute Gasteiger partial charge is 0.365 e. The van der Waals surface area contributed by atoms with Gasteiger partial charge in [0, 0.05) is 30.3 Å². The highest BCUT2D eigenvalue weighted by Gasteiger charge is 2.17. The van der Waals surface area contributed by atoms with E-state index in [9.17, 15) is 9.59 Å². The SMILES string of the molecule is O=C(CCCCCNC(=O)c1ccc(Nc2nc(NC3CCCCC3)c3[nH]cnc3n2)cc1)NO. The molecule has 1 aliphatic rings. The van der Waals surface area contributed by atoms with Crippen molar-refractivity contribution < 1.29 is 14.8 Å². The van der Waals surface area contributed by atoms with Gasteiger partial charge in [0.2, 0.25) is 11.9 Å². The highest BCUT2D eigenvalue weighted by Crippen LogP contribution is 2.26. The van der Waals surface area contributed by atoms with Gasteiger partial charge in [-0.15, -0.1) is 0 Å². The number of amides is 2. The highest BCUT2D eigenvalue weighted by atomic mass is 16.5. The van der Waals surface area contributed by atoms with Crippen LogP contribution in [0.3, 0.4) is 0 Å². The molecule has 2 heterocycles. The number of H-pyrrole nitrogens is 1. The summed E-state index contributed by atoms with van der Waals surface area (Å²) in [6, 6.07) is 7.52. The summed E-state index contributed by atoms with van der Waals surface area (Å²) in [5.74, 6) is 0.636. The molecular formula is C24H32N8O3. The number of nitrogens with one attached hydrogen (secondary N) is 5. The van der Waals surface area contributed by atoms with E-state index >= 15 is 0 Å². The average Bonchev–Trinajstić information content (AvgIpc) is 3.36. The lowest BCUT2D eigenvalue weighted by Crippen LogP contribution is -2.24. The Kier molecular flexibility index (Phi) is 8.44. The molecule has 0 unspecified atom stereocenters. The van der Waals surface area contributed by atoms with Gasteiger partial charge in [-0.2, -0.15) is 9.97 Å². The molecule has 1 fully saturated rings. The predicted molar refractivity (Wildman–Crippen MR) is 133 cm³/mol. The van der Waals surface area contributed by atoms with Gasteiger partial charge in [0.05, 0.1) is 6.33 Å². The van der Waals surface area contributed by atoms with Gasteiger partial charge in [0.1, 0.15) is 5.52 Å². The summed E-state index contributed by atoms with van der Waals surface area (Å²) in [4.78, 5) is 40.0. The Morgan fingerprint density at radius 2 is 1.83 bits per heavy atom. The van der Waals surface area contributed by atoms with Gasteiger partial charge in [-0.05, 0) is 49.9 Å². The number of hydrogen-bond acceptors (Lipinski definition) is 8. The van der Waals surface area contributed by atoms with Gasteiger partial charge in [-0.3, -0.25) is 14.8 Å². The molecule has 4 rings (SSSR count). The summed E-state index contributed by atoms with van der Waals surface area (Å²) < 4.78 is 0. The fourth-order valence-corrected chi connectivity index (χ4v) is 4.22. The first-order chi connectivity index (χ1) is 17.1. The van der Waals surface area contributed by atoms with Crippen molar-refractivity contribution in [3.8, 4) is 0 Å². The average molecular weight is 481 g/mol. The molecule has 0 spiro atoms. The van der Waals surface area contributed by atoms with Gasteiger partial charge in [-0.25, -0.2) is 10.5 Å². The van der Waals surface area contributed by atoms with E-state index in [1.54, 1.807) is 23.9 Å². The van der Waals surface area contributed by atoms with E-state index in [2.05, 4.69) is 35.9 Å². The van der Waals surface area contributed by atoms with Gasteiger partial charge >= 0.3 is 0 Å². The second kappa shape index (κ2) is 12.1. The molecule has 6 N–H and O–H groups in total. The van der Waals surface area contributed by atoms with Crippen molar-refractivity contribution in [1.29, 1.82) is 0 Å². The number of aromatic nitrogens is 4. The fraction of sp³-hybridized carbons (Fsp3) is 0.458. The molecular weight excluding hydrogens is 448 g/mol. The number of unbranched alkanes of at least 4 members (excludes halogenated alkanes) is 2. The lowest BCUT2D eigenvalue weighted by molar-refractivity contribution is -0.129. The number of hydroxylamine groups is 1. The fourth-order valence-electron chi connectivity index (χ4n) is 4.22. The molecule has 1 aliphatic carbocycles. The van der Waals surface area contributed by atoms with E-state index in [0.717, 1.165) is 42.7 Å². The lowest BCUT2D eigenvalue weighted by Gasteiger charge is -2.23. The number of hydrogen-bond donors (Lipinski definition) is 6. The lowest BCUT2D eigenvalue weighted by atomic mass is 9.95. The van der Waals surface area contributed by atoms with Crippen LogP contribution in [-0.2, 0) is 4.79 Å². The Labute approximate surface area is 203 Å². The number of rotatable bonds is 11. The first-order valence-electron chi connectivity index (χ1n) is 12.2. The number of anilines is 3. The molecule has 1 aromatic carbocycles. The minimum absolute atomic E-state index is 0.155. The zero-order valence-corrected chi connectivity index (χ0v) is 19.6. The second-order valence-electron chi connectivity index (χ2n) is 8.78. The molecule has 0 aliphatic heterocycles. The van der Waals surface area contributed by atoms with Crippen molar-refractivity contribution >= 4 is 40.4 Å². The van der Waals surface area contributed by atoms with Crippen molar-refractivity contribution in [2.45, 2.75) is 63.8 Å². The summed E-state index contributed by atoms with van der Waals surface area (Å²) in [6.45, 7) is 0.522. The third-order valence-electron chi connectivity index (χ3n) is 6.13. The molecule has 11 heteroatoms. The molecule has 35 heavy (non-hydrogen) atoms. The summed E-state index contributed by atoms with van der Waals surface area (Å²) >= 11 is 0. The van der Waals surface area contributed by atoms with E-state index in [-0.39, 0.29) is 12.3 Å². The summed E-state index contributed by atoms with van der Waals surface area (Å²) in [6.07, 6.45) is 10.1. The van der Waals surface area contributed by atoms with Crippen LogP contribution in [0.1, 0.15) is 68.1 Å². The third kappa shape index (κ3) is 6.89. The van der Waals surface area contributed by atoms with Gasteiger partial charge < -0.3 is 20.9 Å². The quantitative estimate of drug-likeness (QED) is 0.138. The minimum Gasteiger partial charge on any atom is -0.365 e. The molecule has 2 amide bonds. The zero-order valence-electron chi connectivity index (χ0n) is 19.6. The first kappa shape index (κ1) is 24.4. The monoisotopic (exact) mass is 480 g/mol. The van der Waals surface area contributed by atoms with Gasteiger partial charge in [0.15, 0.2) is 11.5 Å². The molecule has 1 saturated carbocycles. The molecule has 186 valence electrons. The standard InChI is InChI=1S/C24H32N8O3/c33-19(32-35)9-5-2-6-14-25-23(34)16-10-12-18(13-11-16)29-24-30-21-20(26-15-27-21)22(31-24)28-17-7-3-1-4-8-17/h10-13,15,17,35H,1-9,14H2,(H,25,34)(H,32,33)(H3,26,27,28,29,30,31). The third-order valence-corrected chi connectivity index (χ3v) is 6.13. The van der Waals surface area contributed by atoms with Crippen LogP contribution in [0.15, 0.2) is 30.6 Å². The topological polar surface area (TPSA) is 157 Å². The van der Waals surface area contributed by atoms with Crippen LogP contribution in [0, 0.1) is 0 Å². The molecule has 0 saturated heterocycles. The Balaban J connectivity index is 1.31. The van der Waals surface area contributed by atoms with Crippen LogP contribution < -0.4 is 21.4 Å². The van der Waals surface area contributed by atoms with Gasteiger partial charge in [-0.1, -0.05) is 25.7 Å². The number of carbonyl (C=O) groups is 2. The first-order valence-corrected chi connectivity index (χ1v) is 12.2. The Morgan fingerprint density at radius 1 is 1.03 bits per heavy atom. The Morgan fingerprint density at radius 3 is 2.60 bits per heavy atom. The van der Waals surface area contributed by atoms with Crippen LogP contribution in [-0.4, -0.2) is 49.5 Å². The van der Waals surface area contributed by atoms with Crippen molar-refractivity contribution in [2.75, 3.05) is 17.2 Å². The Hall–Kier alpha value is -3.73. The van der Waals surface area contributed by atoms with Crippen molar-refractivity contribution in [3.05, 3.63) is 36.2 Å². The number of aromatic amines is 1. The highest BCUT2D eigenvalue weighted by molar-refractivity contribution is 5.94. The van der Waals surface area contributed by atoms with E-state index in [0.29, 0.717) is 36.2 Å². The maximum atomic E-state index is 12.4. The normalized spacial score (nSPS) is 14.0. The van der Waals surface area contributed by atoms with Crippen LogP contribution in [0.25, 0.3) is 11.2 Å². The zero-order chi connectivity index (χ0) is 24.5. The summed E-state index contributed by atoms with van der Waals surface area (Å²) in [5.41, 5.74) is 4.32. The number of nitrogens with zero attached hydrogens (tertiary/aromatic N) is 3. The maximum absolute atomic E-state index is 12.4. The second-order valence-corrected chi connectivity index (χ2v) is 8.78. The number of imidazole rings is 1. The predicted octanol–water partition coefficient (Wildman–Crippen LogP) is 3.64. The van der Waals surface area contributed by atoms with Crippen molar-refractivity contribution in [2.24, 2.45) is 0 Å². The number of benzene rings is 1. The van der Waals surface area contributed by atoms with Crippen LogP contribution >= 0.6 is 0 Å².